The maximum atomic E-state index is 2.20. The molecular formula is C10H15Yb. The van der Waals surface area contributed by atoms with Crippen molar-refractivity contribution in [3.8, 4) is 0 Å². The van der Waals surface area contributed by atoms with Gasteiger partial charge in [-0.05, 0) is 38.8 Å². The van der Waals surface area contributed by atoms with Gasteiger partial charge in [-0.3, -0.25) is 0 Å². The monoisotopic (exact) mass is 309 g/mol. The molecule has 1 aliphatic rings. The minimum Gasteiger partial charge on any atom is -0.0589 e. The molecule has 0 saturated carbocycles. The molecule has 0 N–H and O–H groups in total. The quantitative estimate of drug-likeness (QED) is 0.644. The fraction of sp³-hybridized carbons (Fsp3) is 0.500. The van der Waals surface area contributed by atoms with E-state index < -0.39 is 0 Å². The summed E-state index contributed by atoms with van der Waals surface area (Å²) in [5.74, 6) is 1.47. The molecule has 0 nitrogen and oxygen atoms in total. The number of allylic oxidation sites excluding steroid dienone is 4. The van der Waals surface area contributed by atoms with E-state index in [0.29, 0.717) is 0 Å². The van der Waals surface area contributed by atoms with Crippen LogP contribution in [0.15, 0.2) is 22.3 Å². The van der Waals surface area contributed by atoms with Gasteiger partial charge in [-0.1, -0.05) is 18.1 Å². The van der Waals surface area contributed by atoms with Crippen molar-refractivity contribution in [2.75, 3.05) is 0 Å². The molecular weight excluding hydrogens is 293 g/mol. The predicted molar refractivity (Wildman–Crippen MR) is 45.7 cm³/mol. The fourth-order valence-corrected chi connectivity index (χ4v) is 1.41. The molecule has 0 spiro atoms. The SMILES string of the molecule is C[C]1C(C)=C(C)C(C)=C1C.[Yb]. The van der Waals surface area contributed by atoms with Crippen LogP contribution >= 0.6 is 0 Å². The summed E-state index contributed by atoms with van der Waals surface area (Å²) < 4.78 is 0. The van der Waals surface area contributed by atoms with Gasteiger partial charge >= 0.3 is 0 Å². The summed E-state index contributed by atoms with van der Waals surface area (Å²) in [4.78, 5) is 0. The van der Waals surface area contributed by atoms with Crippen molar-refractivity contribution >= 4 is 0 Å². The topological polar surface area (TPSA) is 0 Å². The number of hydrogen-bond donors (Lipinski definition) is 0. The van der Waals surface area contributed by atoms with E-state index in [4.69, 9.17) is 0 Å². The van der Waals surface area contributed by atoms with Crippen molar-refractivity contribution in [3.05, 3.63) is 28.2 Å². The first-order chi connectivity index (χ1) is 4.55. The van der Waals surface area contributed by atoms with E-state index in [1.807, 2.05) is 0 Å². The Kier molecular flexibility index (Phi) is 4.69. The van der Waals surface area contributed by atoms with Gasteiger partial charge in [0, 0.05) is 52.8 Å². The minimum absolute atomic E-state index is 0. The van der Waals surface area contributed by atoms with E-state index in [1.54, 1.807) is 0 Å². The molecule has 1 radical (unpaired) electrons. The maximum Gasteiger partial charge on any atom is 0.0226 e. The molecule has 0 unspecified atom stereocenters. The first-order valence-corrected chi connectivity index (χ1v) is 3.75. The average Bonchev–Trinajstić information content (AvgIpc) is 2.07. The number of hydrogen-bond acceptors (Lipinski definition) is 0. The van der Waals surface area contributed by atoms with Gasteiger partial charge in [0.05, 0.1) is 0 Å². The molecule has 69 valence electrons. The maximum absolute atomic E-state index is 2.20. The Hall–Kier alpha value is 0.999. The van der Waals surface area contributed by atoms with Crippen LogP contribution in [0.5, 0.6) is 0 Å². The van der Waals surface area contributed by atoms with Crippen molar-refractivity contribution in [2.45, 2.75) is 34.6 Å². The first kappa shape index (κ1) is 12.0. The second kappa shape index (κ2) is 4.30. The third kappa shape index (κ3) is 2.02. The molecule has 1 aliphatic carbocycles. The van der Waals surface area contributed by atoms with E-state index in [-0.39, 0.29) is 46.9 Å². The van der Waals surface area contributed by atoms with Crippen LogP contribution in [0.4, 0.5) is 0 Å². The Morgan fingerprint density at radius 2 is 0.818 bits per heavy atom. The summed E-state index contributed by atoms with van der Waals surface area (Å²) in [6.45, 7) is 11.0. The summed E-state index contributed by atoms with van der Waals surface area (Å²) in [5.41, 5.74) is 5.87. The van der Waals surface area contributed by atoms with E-state index >= 15 is 0 Å². The summed E-state index contributed by atoms with van der Waals surface area (Å²) in [7, 11) is 0. The molecule has 0 bridgehead atoms. The molecule has 1 rings (SSSR count). The van der Waals surface area contributed by atoms with Crippen LogP contribution in [0, 0.1) is 52.8 Å². The molecule has 0 heterocycles. The van der Waals surface area contributed by atoms with Gasteiger partial charge in [-0.2, -0.15) is 0 Å². The van der Waals surface area contributed by atoms with E-state index in [1.165, 1.54) is 28.2 Å². The van der Waals surface area contributed by atoms with Crippen molar-refractivity contribution < 1.29 is 46.9 Å². The van der Waals surface area contributed by atoms with Gasteiger partial charge < -0.3 is 0 Å². The Morgan fingerprint density at radius 1 is 0.545 bits per heavy atom. The molecule has 0 aliphatic heterocycles. The van der Waals surface area contributed by atoms with Crippen molar-refractivity contribution in [2.24, 2.45) is 0 Å². The third-order valence-electron chi connectivity index (χ3n) is 2.81. The second-order valence-corrected chi connectivity index (χ2v) is 3.12. The van der Waals surface area contributed by atoms with Gasteiger partial charge in [-0.25, -0.2) is 0 Å². The predicted octanol–water partition coefficient (Wildman–Crippen LogP) is 3.27. The van der Waals surface area contributed by atoms with Crippen molar-refractivity contribution in [1.82, 2.24) is 0 Å². The van der Waals surface area contributed by atoms with Crippen LogP contribution < -0.4 is 0 Å². The van der Waals surface area contributed by atoms with Gasteiger partial charge in [0.1, 0.15) is 0 Å². The largest absolute Gasteiger partial charge is 0.0589 e. The normalized spacial score (nSPS) is 19.4. The summed E-state index contributed by atoms with van der Waals surface area (Å²) >= 11 is 0. The van der Waals surface area contributed by atoms with Crippen molar-refractivity contribution in [3.63, 3.8) is 0 Å². The van der Waals surface area contributed by atoms with Crippen LogP contribution in [-0.2, 0) is 0 Å². The molecule has 0 aromatic carbocycles. The van der Waals surface area contributed by atoms with E-state index in [2.05, 4.69) is 34.6 Å². The molecule has 0 aromatic heterocycles. The van der Waals surface area contributed by atoms with Gasteiger partial charge in [-0.15, -0.1) is 0 Å². The molecule has 0 atom stereocenters. The number of rotatable bonds is 0. The Bertz CT molecular complexity index is 197. The first-order valence-electron chi connectivity index (χ1n) is 3.75. The second-order valence-electron chi connectivity index (χ2n) is 3.12. The van der Waals surface area contributed by atoms with Crippen LogP contribution in [0.25, 0.3) is 0 Å². The standard InChI is InChI=1S/C10H15.Yb/c1-6-7(2)9(4)10(5)8(6)3;/h1-5H3;. The summed E-state index contributed by atoms with van der Waals surface area (Å²) in [5, 5.41) is 0. The minimum atomic E-state index is 0. The zero-order valence-electron chi connectivity index (χ0n) is 7.77. The molecule has 1 heteroatoms. The summed E-state index contributed by atoms with van der Waals surface area (Å²) in [6, 6.07) is 0. The Balaban J connectivity index is 0.000001000. The van der Waals surface area contributed by atoms with Crippen LogP contribution in [0.1, 0.15) is 34.6 Å². The molecule has 0 fully saturated rings. The van der Waals surface area contributed by atoms with E-state index in [0.717, 1.165) is 0 Å². The Labute approximate surface area is 108 Å². The van der Waals surface area contributed by atoms with Crippen molar-refractivity contribution in [1.29, 1.82) is 0 Å². The zero-order valence-corrected chi connectivity index (χ0v) is 9.48. The molecule has 0 amide bonds. The van der Waals surface area contributed by atoms with Gasteiger partial charge in [0.25, 0.3) is 0 Å². The molecule has 11 heavy (non-hydrogen) atoms. The van der Waals surface area contributed by atoms with Gasteiger partial charge in [0.2, 0.25) is 0 Å². The average molecular weight is 308 g/mol. The zero-order chi connectivity index (χ0) is 7.89. The molecule has 0 saturated heterocycles. The molecule has 0 aromatic rings. The van der Waals surface area contributed by atoms with Crippen LogP contribution in [-0.4, -0.2) is 0 Å². The third-order valence-corrected chi connectivity index (χ3v) is 2.81. The van der Waals surface area contributed by atoms with Crippen LogP contribution in [0.2, 0.25) is 0 Å². The Morgan fingerprint density at radius 3 is 0.909 bits per heavy atom. The van der Waals surface area contributed by atoms with E-state index in [9.17, 15) is 0 Å². The smallest absolute Gasteiger partial charge is 0.0226 e. The van der Waals surface area contributed by atoms with Crippen LogP contribution in [0.3, 0.4) is 0 Å². The summed E-state index contributed by atoms with van der Waals surface area (Å²) in [6.07, 6.45) is 0. The fourth-order valence-electron chi connectivity index (χ4n) is 1.41. The van der Waals surface area contributed by atoms with Gasteiger partial charge in [0.15, 0.2) is 0 Å².